The van der Waals surface area contributed by atoms with Gasteiger partial charge in [-0.15, -0.1) is 11.3 Å². The highest BCUT2D eigenvalue weighted by molar-refractivity contribution is 7.14. The Labute approximate surface area is 161 Å². The summed E-state index contributed by atoms with van der Waals surface area (Å²) in [6.45, 7) is 8.20. The van der Waals surface area contributed by atoms with Crippen molar-refractivity contribution < 1.29 is 28.7 Å². The molecule has 0 aliphatic carbocycles. The minimum Gasteiger partial charge on any atom is -0.461 e. The molecule has 0 radical (unpaired) electrons. The number of oxime groups is 1. The third-order valence-electron chi connectivity index (χ3n) is 2.76. The molecule has 0 fully saturated rings. The summed E-state index contributed by atoms with van der Waals surface area (Å²) in [6.07, 6.45) is -0.924. The van der Waals surface area contributed by atoms with E-state index in [0.717, 1.165) is 16.2 Å². The monoisotopic (exact) mass is 400 g/mol. The Morgan fingerprint density at radius 2 is 2.00 bits per heavy atom. The van der Waals surface area contributed by atoms with Gasteiger partial charge in [-0.2, -0.15) is 4.90 Å². The van der Waals surface area contributed by atoms with E-state index in [0.29, 0.717) is 0 Å². The molecule has 150 valence electrons. The molecule has 0 aliphatic rings. The molecule has 0 spiro atoms. The second kappa shape index (κ2) is 9.42. The molecule has 0 aromatic carbocycles. The van der Waals surface area contributed by atoms with Crippen molar-refractivity contribution in [1.82, 2.24) is 4.98 Å². The van der Waals surface area contributed by atoms with Crippen LogP contribution in [0.2, 0.25) is 0 Å². The van der Waals surface area contributed by atoms with Crippen molar-refractivity contribution in [1.29, 1.82) is 0 Å². The van der Waals surface area contributed by atoms with Crippen LogP contribution in [0.4, 0.5) is 9.93 Å². The number of hydrogen-bond donors (Lipinski definition) is 1. The maximum Gasteiger partial charge on any atom is 0.423 e. The Balaban J connectivity index is 3.29. The molecule has 1 aromatic heterocycles. The van der Waals surface area contributed by atoms with E-state index in [1.165, 1.54) is 19.4 Å². The largest absolute Gasteiger partial charge is 0.461 e. The van der Waals surface area contributed by atoms with Crippen molar-refractivity contribution in [2.75, 3.05) is 18.6 Å². The van der Waals surface area contributed by atoms with Gasteiger partial charge < -0.3 is 20.0 Å². The van der Waals surface area contributed by atoms with Crippen molar-refractivity contribution in [2.45, 2.75) is 46.3 Å². The molecule has 0 aliphatic heterocycles. The van der Waals surface area contributed by atoms with Crippen molar-refractivity contribution in [2.24, 2.45) is 10.9 Å². The van der Waals surface area contributed by atoms with Crippen LogP contribution in [0.15, 0.2) is 10.5 Å². The minimum atomic E-state index is -0.970. The van der Waals surface area contributed by atoms with Gasteiger partial charge in [-0.3, -0.25) is 4.79 Å². The molecule has 2 amide bonds. The standard InChI is InChI=1S/C16H24N4O6S/c1-7-25-13(22)11(19-24-6)10-8-27-14(18-10)20(12(21)9(2)17)15(23)26-16(3,4)5/h8-9H,7,17H2,1-6H3/t9-/m1/s1. The summed E-state index contributed by atoms with van der Waals surface area (Å²) >= 11 is 0.941. The lowest BCUT2D eigenvalue weighted by atomic mass is 10.2. The van der Waals surface area contributed by atoms with E-state index in [2.05, 4.69) is 15.0 Å². The number of nitrogens with zero attached hydrogens (tertiary/aromatic N) is 3. The van der Waals surface area contributed by atoms with Gasteiger partial charge in [0.1, 0.15) is 18.4 Å². The highest BCUT2D eigenvalue weighted by Crippen LogP contribution is 2.24. The van der Waals surface area contributed by atoms with Crippen LogP contribution < -0.4 is 10.6 Å². The molecule has 0 unspecified atom stereocenters. The number of esters is 1. The molecule has 11 heteroatoms. The molecule has 0 saturated carbocycles. The molecule has 2 N–H and O–H groups in total. The lowest BCUT2D eigenvalue weighted by molar-refractivity contribution is -0.135. The predicted octanol–water partition coefficient (Wildman–Crippen LogP) is 1.67. The van der Waals surface area contributed by atoms with Gasteiger partial charge in [0.25, 0.3) is 5.91 Å². The zero-order valence-electron chi connectivity index (χ0n) is 16.1. The van der Waals surface area contributed by atoms with E-state index in [-0.39, 0.29) is 23.1 Å². The van der Waals surface area contributed by atoms with E-state index < -0.39 is 29.6 Å². The van der Waals surface area contributed by atoms with Crippen LogP contribution >= 0.6 is 11.3 Å². The Hall–Kier alpha value is -2.53. The first-order valence-corrected chi connectivity index (χ1v) is 8.96. The van der Waals surface area contributed by atoms with Crippen molar-refractivity contribution >= 4 is 40.1 Å². The summed E-state index contributed by atoms with van der Waals surface area (Å²) in [5.41, 5.74) is 4.70. The number of thiazole rings is 1. The number of imide groups is 1. The first-order chi connectivity index (χ1) is 12.5. The average Bonchev–Trinajstić information content (AvgIpc) is 3.00. The molecule has 1 aromatic rings. The van der Waals surface area contributed by atoms with Crippen LogP contribution in [0.25, 0.3) is 0 Å². The Morgan fingerprint density at radius 3 is 2.48 bits per heavy atom. The molecule has 10 nitrogen and oxygen atoms in total. The number of carbonyl (C=O) groups is 3. The van der Waals surface area contributed by atoms with Crippen LogP contribution in [0.1, 0.15) is 40.3 Å². The van der Waals surface area contributed by atoms with Crippen molar-refractivity contribution in [3.63, 3.8) is 0 Å². The van der Waals surface area contributed by atoms with Crippen LogP contribution in [0, 0.1) is 0 Å². The highest BCUT2D eigenvalue weighted by Gasteiger charge is 2.33. The molecular formula is C16H24N4O6S. The number of anilines is 1. The molecule has 1 heterocycles. The fourth-order valence-electron chi connectivity index (χ4n) is 1.73. The topological polar surface area (TPSA) is 133 Å². The van der Waals surface area contributed by atoms with Crippen LogP contribution in [0.5, 0.6) is 0 Å². The second-order valence-electron chi connectivity index (χ2n) is 6.30. The lowest BCUT2D eigenvalue weighted by Gasteiger charge is -2.25. The summed E-state index contributed by atoms with van der Waals surface area (Å²) < 4.78 is 10.2. The van der Waals surface area contributed by atoms with Gasteiger partial charge in [0.15, 0.2) is 0 Å². The molecule has 27 heavy (non-hydrogen) atoms. The van der Waals surface area contributed by atoms with Gasteiger partial charge in [0, 0.05) is 5.38 Å². The van der Waals surface area contributed by atoms with Gasteiger partial charge >= 0.3 is 12.1 Å². The Morgan fingerprint density at radius 1 is 1.37 bits per heavy atom. The van der Waals surface area contributed by atoms with Crippen molar-refractivity contribution in [3.05, 3.63) is 11.1 Å². The average molecular weight is 400 g/mol. The Bertz CT molecular complexity index is 723. The zero-order chi connectivity index (χ0) is 20.8. The van der Waals surface area contributed by atoms with E-state index in [9.17, 15) is 14.4 Å². The van der Waals surface area contributed by atoms with Gasteiger partial charge in [-0.1, -0.05) is 5.16 Å². The highest BCUT2D eigenvalue weighted by atomic mass is 32.1. The van der Waals surface area contributed by atoms with Gasteiger partial charge in [-0.25, -0.2) is 14.6 Å². The quantitative estimate of drug-likeness (QED) is 0.433. The summed E-state index contributed by atoms with van der Waals surface area (Å²) in [7, 11) is 1.26. The number of rotatable bonds is 6. The number of ether oxygens (including phenoxy) is 2. The van der Waals surface area contributed by atoms with Crippen molar-refractivity contribution in [3.8, 4) is 0 Å². The van der Waals surface area contributed by atoms with Gasteiger partial charge in [0.2, 0.25) is 10.8 Å². The summed E-state index contributed by atoms with van der Waals surface area (Å²) in [5.74, 6) is -1.45. The second-order valence-corrected chi connectivity index (χ2v) is 7.14. The number of nitrogens with two attached hydrogens (primary N) is 1. The number of amides is 2. The first kappa shape index (κ1) is 22.5. The summed E-state index contributed by atoms with van der Waals surface area (Å²) in [4.78, 5) is 46.5. The maximum absolute atomic E-state index is 12.5. The maximum atomic E-state index is 12.5. The predicted molar refractivity (Wildman–Crippen MR) is 99.7 cm³/mol. The molecule has 1 atom stereocenters. The summed E-state index contributed by atoms with van der Waals surface area (Å²) in [5, 5.41) is 5.03. The summed E-state index contributed by atoms with van der Waals surface area (Å²) in [6, 6.07) is -0.970. The minimum absolute atomic E-state index is 0.0188. The molecule has 0 bridgehead atoms. The third-order valence-corrected chi connectivity index (χ3v) is 3.59. The SMILES string of the molecule is CCOC(=O)C(=NOC)c1csc(N(C(=O)OC(C)(C)C)C(=O)[C@@H](C)N)n1. The van der Waals surface area contributed by atoms with E-state index in [4.69, 9.17) is 15.2 Å². The zero-order valence-corrected chi connectivity index (χ0v) is 17.0. The lowest BCUT2D eigenvalue weighted by Crippen LogP contribution is -2.47. The smallest absolute Gasteiger partial charge is 0.423 e. The van der Waals surface area contributed by atoms with Crippen LogP contribution in [-0.2, 0) is 23.9 Å². The number of aromatic nitrogens is 1. The van der Waals surface area contributed by atoms with E-state index in [1.807, 2.05) is 0 Å². The third kappa shape index (κ3) is 6.29. The normalized spacial score (nSPS) is 12.9. The van der Waals surface area contributed by atoms with Gasteiger partial charge in [-0.05, 0) is 34.6 Å². The molecule has 1 rings (SSSR count). The molecular weight excluding hydrogens is 376 g/mol. The molecule has 0 saturated heterocycles. The van der Waals surface area contributed by atoms with Gasteiger partial charge in [0.05, 0.1) is 12.6 Å². The number of hydrogen-bond acceptors (Lipinski definition) is 10. The van der Waals surface area contributed by atoms with Crippen LogP contribution in [0.3, 0.4) is 0 Å². The Kier molecular flexibility index (Phi) is 7.85. The fraction of sp³-hybridized carbons (Fsp3) is 0.562. The number of carbonyl (C=O) groups excluding carboxylic acids is 3. The fourth-order valence-corrected chi connectivity index (χ4v) is 2.53. The first-order valence-electron chi connectivity index (χ1n) is 8.08. The van der Waals surface area contributed by atoms with E-state index in [1.54, 1.807) is 27.7 Å². The van der Waals surface area contributed by atoms with E-state index >= 15 is 0 Å². The van der Waals surface area contributed by atoms with Crippen LogP contribution in [-0.4, -0.2) is 54.0 Å².